The molecule has 2 aromatic heterocycles. The average Bonchev–Trinajstić information content (AvgIpc) is 3.63. The van der Waals surface area contributed by atoms with E-state index < -0.39 is 0 Å². The lowest BCUT2D eigenvalue weighted by molar-refractivity contribution is 1.08. The van der Waals surface area contributed by atoms with E-state index in [0.29, 0.717) is 34.9 Å². The molecule has 16 aromatic rings. The Morgan fingerprint density at radius 3 is 0.833 bits per heavy atom. The summed E-state index contributed by atoms with van der Waals surface area (Å²) in [5.41, 5.74) is 10.4. The van der Waals surface area contributed by atoms with E-state index >= 15 is 0 Å². The van der Waals surface area contributed by atoms with Gasteiger partial charge in [-0.3, -0.25) is 0 Å². The number of benzene rings is 14. The van der Waals surface area contributed by atoms with Gasteiger partial charge in [0, 0.05) is 38.9 Å². The van der Waals surface area contributed by atoms with Gasteiger partial charge in [0.15, 0.2) is 34.9 Å². The second kappa shape index (κ2) is 21.6. The van der Waals surface area contributed by atoms with Crippen LogP contribution in [-0.2, 0) is 0 Å². The van der Waals surface area contributed by atoms with Gasteiger partial charge in [0.1, 0.15) is 0 Å². The van der Waals surface area contributed by atoms with Crippen molar-refractivity contribution < 1.29 is 0 Å². The molecule has 0 radical (unpaired) electrons. The van der Waals surface area contributed by atoms with E-state index in [1.165, 1.54) is 48.8 Å². The predicted octanol–water partition coefficient (Wildman–Crippen LogP) is 20.0. The second-order valence-electron chi connectivity index (χ2n) is 21.1. The Morgan fingerprint density at radius 2 is 0.429 bits per heavy atom. The number of fused-ring (bicyclic) bond motifs is 6. The van der Waals surface area contributed by atoms with Gasteiger partial charge in [-0.25, -0.2) is 29.9 Å². The van der Waals surface area contributed by atoms with Crippen molar-refractivity contribution in [2.75, 3.05) is 0 Å². The van der Waals surface area contributed by atoms with E-state index in [9.17, 15) is 0 Å². The van der Waals surface area contributed by atoms with Crippen molar-refractivity contribution in [3.05, 3.63) is 303 Å². The van der Waals surface area contributed by atoms with Gasteiger partial charge in [-0.15, -0.1) is 0 Å². The smallest absolute Gasteiger partial charge is 0.164 e. The first-order valence-electron chi connectivity index (χ1n) is 28.2. The van der Waals surface area contributed by atoms with Gasteiger partial charge in [0.25, 0.3) is 0 Å². The lowest BCUT2D eigenvalue weighted by Gasteiger charge is -2.15. The van der Waals surface area contributed by atoms with E-state index in [1.54, 1.807) is 0 Å². The molecule has 2 heterocycles. The quantitative estimate of drug-likeness (QED) is 0.151. The van der Waals surface area contributed by atoms with E-state index in [0.717, 1.165) is 71.4 Å². The highest BCUT2D eigenvalue weighted by molar-refractivity contribution is 6.04. The minimum Gasteiger partial charge on any atom is -0.208 e. The van der Waals surface area contributed by atoms with Crippen molar-refractivity contribution in [1.82, 2.24) is 29.9 Å². The first-order chi connectivity index (χ1) is 41.6. The Bertz CT molecular complexity index is 4960. The van der Waals surface area contributed by atoms with Gasteiger partial charge >= 0.3 is 0 Å². The Hall–Kier alpha value is -11.3. The molecule has 16 rings (SSSR count). The molecule has 0 atom stereocenters. The van der Waals surface area contributed by atoms with E-state index in [-0.39, 0.29) is 0 Å². The van der Waals surface area contributed by atoms with Crippen molar-refractivity contribution >= 4 is 64.6 Å². The molecule has 0 saturated carbocycles. The number of hydrogen-bond acceptors (Lipinski definition) is 6. The highest BCUT2D eigenvalue weighted by Gasteiger charge is 2.19. The monoisotopic (exact) mass is 1070 g/mol. The molecule has 0 aliphatic carbocycles. The fourth-order valence-electron chi connectivity index (χ4n) is 11.4. The minimum atomic E-state index is 0.654. The topological polar surface area (TPSA) is 77.3 Å². The van der Waals surface area contributed by atoms with Crippen molar-refractivity contribution in [3.63, 3.8) is 0 Å². The van der Waals surface area contributed by atoms with E-state index in [4.69, 9.17) is 29.9 Å². The van der Waals surface area contributed by atoms with Crippen molar-refractivity contribution in [2.45, 2.75) is 0 Å². The number of nitrogens with zero attached hydrogens (tertiary/aromatic N) is 6. The molecule has 0 aliphatic heterocycles. The third kappa shape index (κ3) is 9.84. The van der Waals surface area contributed by atoms with Crippen LogP contribution in [0.15, 0.2) is 303 Å². The molecule has 6 heteroatoms. The van der Waals surface area contributed by atoms with Gasteiger partial charge in [-0.2, -0.15) is 0 Å². The van der Waals surface area contributed by atoms with Crippen LogP contribution >= 0.6 is 0 Å². The fourth-order valence-corrected chi connectivity index (χ4v) is 11.4. The van der Waals surface area contributed by atoms with Gasteiger partial charge in [-0.05, 0) is 124 Å². The SMILES string of the molecule is c1ccc(-c2c(-c3nc(-c4ccc5ccccc5c4)nc(-c4ccc5ccccc5c4)n3)ccc3ccccc23)cc1.c1ccc(-c2ccc3ccc(-c4nc(-c5ccc6ccccc6c5)nc(-c5ccc6ccccc6c5)n4)cc3c2)cc1. The van der Waals surface area contributed by atoms with E-state index in [1.807, 2.05) is 12.1 Å². The van der Waals surface area contributed by atoms with Crippen LogP contribution in [0.3, 0.4) is 0 Å². The Morgan fingerprint density at radius 1 is 0.155 bits per heavy atom. The van der Waals surface area contributed by atoms with Gasteiger partial charge in [0.05, 0.1) is 0 Å². The zero-order valence-corrected chi connectivity index (χ0v) is 45.6. The standard InChI is InChI=1S/2C39H25N3/c1-2-13-29(14-3-1)36-34-17-9-8-12-28(34)22-23-35(36)39-41-37(32-20-18-26-10-4-6-15-30(26)24-32)40-38(42-39)33-21-19-27-11-5-7-16-31(27)25-33;1-2-8-26(9-3-1)32-18-14-29-17-21-35(25-36(29)24-32)39-41-37(33-19-15-27-10-4-6-12-30(27)22-33)40-38(42-39)34-20-16-28-11-5-7-13-31(28)23-34/h2*1-25H. The molecule has 0 aliphatic rings. The summed E-state index contributed by atoms with van der Waals surface area (Å²) in [5, 5.41) is 14.0. The summed E-state index contributed by atoms with van der Waals surface area (Å²) in [5.74, 6) is 3.94. The maximum Gasteiger partial charge on any atom is 0.164 e. The summed E-state index contributed by atoms with van der Waals surface area (Å²) < 4.78 is 0. The van der Waals surface area contributed by atoms with Crippen LogP contribution in [0.1, 0.15) is 0 Å². The van der Waals surface area contributed by atoms with Crippen molar-refractivity contribution in [3.8, 4) is 90.6 Å². The molecular formula is C78H50N6. The lowest BCUT2D eigenvalue weighted by atomic mass is 9.93. The molecule has 0 N–H and O–H groups in total. The van der Waals surface area contributed by atoms with Gasteiger partial charge in [0.2, 0.25) is 0 Å². The molecule has 14 aromatic carbocycles. The maximum absolute atomic E-state index is 5.14. The minimum absolute atomic E-state index is 0.654. The molecule has 392 valence electrons. The van der Waals surface area contributed by atoms with Crippen LogP contribution in [0.2, 0.25) is 0 Å². The maximum atomic E-state index is 5.14. The number of aromatic nitrogens is 6. The fraction of sp³-hybridized carbons (Fsp3) is 0. The van der Waals surface area contributed by atoms with Crippen LogP contribution < -0.4 is 0 Å². The van der Waals surface area contributed by atoms with Crippen LogP contribution in [0, 0.1) is 0 Å². The summed E-state index contributed by atoms with van der Waals surface area (Å²) in [6.45, 7) is 0. The zero-order chi connectivity index (χ0) is 55.8. The molecule has 0 saturated heterocycles. The summed E-state index contributed by atoms with van der Waals surface area (Å²) in [6.07, 6.45) is 0. The van der Waals surface area contributed by atoms with E-state index in [2.05, 4.69) is 291 Å². The largest absolute Gasteiger partial charge is 0.208 e. The van der Waals surface area contributed by atoms with Gasteiger partial charge in [-0.1, -0.05) is 261 Å². The normalized spacial score (nSPS) is 11.3. The Kier molecular flexibility index (Phi) is 12.8. The molecule has 0 spiro atoms. The Balaban J connectivity index is 0.000000143. The summed E-state index contributed by atoms with van der Waals surface area (Å²) in [6, 6.07) is 106. The first kappa shape index (κ1) is 49.7. The highest BCUT2D eigenvalue weighted by Crippen LogP contribution is 2.39. The molecule has 6 nitrogen and oxygen atoms in total. The lowest BCUT2D eigenvalue weighted by Crippen LogP contribution is -2.01. The number of rotatable bonds is 8. The summed E-state index contributed by atoms with van der Waals surface area (Å²) in [4.78, 5) is 30.4. The molecule has 0 unspecified atom stereocenters. The van der Waals surface area contributed by atoms with Crippen LogP contribution in [0.5, 0.6) is 0 Å². The first-order valence-corrected chi connectivity index (χ1v) is 28.2. The molecule has 84 heavy (non-hydrogen) atoms. The third-order valence-electron chi connectivity index (χ3n) is 15.7. The zero-order valence-electron chi connectivity index (χ0n) is 45.6. The third-order valence-corrected chi connectivity index (χ3v) is 15.7. The van der Waals surface area contributed by atoms with Crippen molar-refractivity contribution in [2.24, 2.45) is 0 Å². The molecule has 0 amide bonds. The highest BCUT2D eigenvalue weighted by atomic mass is 15.0. The molecule has 0 bridgehead atoms. The number of hydrogen-bond donors (Lipinski definition) is 0. The summed E-state index contributed by atoms with van der Waals surface area (Å²) >= 11 is 0. The Labute approximate surface area is 485 Å². The summed E-state index contributed by atoms with van der Waals surface area (Å²) in [7, 11) is 0. The van der Waals surface area contributed by atoms with Crippen molar-refractivity contribution in [1.29, 1.82) is 0 Å². The average molecular weight is 1070 g/mol. The van der Waals surface area contributed by atoms with Crippen LogP contribution in [-0.4, -0.2) is 29.9 Å². The van der Waals surface area contributed by atoms with Crippen LogP contribution in [0.25, 0.3) is 155 Å². The molecular weight excluding hydrogens is 1020 g/mol. The van der Waals surface area contributed by atoms with Crippen LogP contribution in [0.4, 0.5) is 0 Å². The van der Waals surface area contributed by atoms with Gasteiger partial charge < -0.3 is 0 Å². The molecule has 0 fully saturated rings. The predicted molar refractivity (Wildman–Crippen MR) is 348 cm³/mol. The second-order valence-corrected chi connectivity index (χ2v) is 21.1.